The van der Waals surface area contributed by atoms with Crippen molar-refractivity contribution in [2.24, 2.45) is 0 Å². The molecule has 5 atom stereocenters. The number of nitrogens with zero attached hydrogens (tertiary/aromatic N) is 1. The summed E-state index contributed by atoms with van der Waals surface area (Å²) in [5, 5.41) is 11.4. The zero-order valence-corrected chi connectivity index (χ0v) is 30.6. The summed E-state index contributed by atoms with van der Waals surface area (Å²) >= 11 is 1.27. The fourth-order valence-corrected chi connectivity index (χ4v) is 6.48. The molecule has 1 aliphatic heterocycles. The van der Waals surface area contributed by atoms with Crippen molar-refractivity contribution in [1.29, 1.82) is 0 Å². The Morgan fingerprint density at radius 2 is 1.46 bits per heavy atom. The second-order valence-corrected chi connectivity index (χ2v) is 12.7. The van der Waals surface area contributed by atoms with Gasteiger partial charge < -0.3 is 42.6 Å². The number of fused-ring (bicyclic) bond motifs is 1. The van der Waals surface area contributed by atoms with Gasteiger partial charge in [0.15, 0.2) is 12.2 Å². The van der Waals surface area contributed by atoms with Gasteiger partial charge in [0.25, 0.3) is 5.69 Å². The zero-order valence-electron chi connectivity index (χ0n) is 29.8. The van der Waals surface area contributed by atoms with Crippen LogP contribution in [-0.4, -0.2) is 84.8 Å². The van der Waals surface area contributed by atoms with Gasteiger partial charge in [-0.05, 0) is 37.6 Å². The fourth-order valence-electron chi connectivity index (χ4n) is 5.31. The van der Waals surface area contributed by atoms with Crippen molar-refractivity contribution < 1.29 is 76.3 Å². The van der Waals surface area contributed by atoms with E-state index in [4.69, 9.17) is 42.6 Å². The van der Waals surface area contributed by atoms with Gasteiger partial charge >= 0.3 is 36.0 Å². The number of rotatable bonds is 15. The Bertz CT molecular complexity index is 1870. The van der Waals surface area contributed by atoms with Crippen LogP contribution in [0.1, 0.15) is 51.5 Å². The van der Waals surface area contributed by atoms with Crippen molar-refractivity contribution in [1.82, 2.24) is 0 Å². The lowest BCUT2D eigenvalue weighted by atomic mass is 9.98. The summed E-state index contributed by atoms with van der Waals surface area (Å²) in [5.41, 5.74) is 0.299. The summed E-state index contributed by atoms with van der Waals surface area (Å²) in [4.78, 5) is 84.2. The van der Waals surface area contributed by atoms with Crippen LogP contribution in [-0.2, 0) is 70.2 Å². The summed E-state index contributed by atoms with van der Waals surface area (Å²) < 4.78 is 50.1. The topological polar surface area (TPSA) is 229 Å². The number of non-ortho nitro benzene ring substituents is 1. The van der Waals surface area contributed by atoms with Gasteiger partial charge in [-0.2, -0.15) is 0 Å². The molecule has 0 radical (unpaired) electrons. The number of nitro groups is 1. The summed E-state index contributed by atoms with van der Waals surface area (Å²) in [6, 6.07) is 9.64. The zero-order chi connectivity index (χ0) is 39.5. The maximum atomic E-state index is 12.6. The van der Waals surface area contributed by atoms with Crippen LogP contribution in [0, 0.1) is 10.1 Å². The van der Waals surface area contributed by atoms with Gasteiger partial charge in [-0.3, -0.25) is 34.1 Å². The van der Waals surface area contributed by atoms with Crippen molar-refractivity contribution in [3.05, 3.63) is 63.0 Å². The fraction of sp³-hybridized carbons (Fsp3) is 0.429. The Morgan fingerprint density at radius 1 is 0.815 bits per heavy atom. The number of carbonyl (C=O) groups is 6. The van der Waals surface area contributed by atoms with Crippen LogP contribution in [0.3, 0.4) is 0 Å². The lowest BCUT2D eigenvalue weighted by Gasteiger charge is -2.44. The molecule has 1 aromatic heterocycles. The van der Waals surface area contributed by atoms with Gasteiger partial charge in [0, 0.05) is 60.4 Å². The molecule has 0 bridgehead atoms. The summed E-state index contributed by atoms with van der Waals surface area (Å²) in [6.07, 6.45) is -7.91. The first-order chi connectivity index (χ1) is 25.6. The molecule has 0 N–H and O–H groups in total. The van der Waals surface area contributed by atoms with E-state index < -0.39 is 78.2 Å². The average Bonchev–Trinajstić information content (AvgIpc) is 3.53. The minimum atomic E-state index is -1.53. The maximum Gasteiger partial charge on any atom is 0.514 e. The lowest BCUT2D eigenvalue weighted by molar-refractivity contribution is -0.384. The van der Waals surface area contributed by atoms with E-state index in [0.29, 0.717) is 20.5 Å². The number of nitro benzene ring substituents is 1. The number of carbonyl (C=O) groups excluding carboxylic acids is 6. The SMILES string of the molecule is CCOC(=O)CCc1cc2c(O[C@@H]3O[C@H](COC(C)=O)[C@H](OC(C)=O)[C@H](OC(C)=O)[C@H]3OC(C)=O)ccc(COC(=O)Oc3ccc([N+](=O)[O-])cc3)c2s1. The van der Waals surface area contributed by atoms with E-state index in [1.807, 2.05) is 0 Å². The third-order valence-corrected chi connectivity index (χ3v) is 8.71. The molecule has 0 saturated carbocycles. The Balaban J connectivity index is 1.69. The number of thiophene rings is 1. The van der Waals surface area contributed by atoms with Gasteiger partial charge in [0.1, 0.15) is 30.8 Å². The predicted molar refractivity (Wildman–Crippen MR) is 183 cm³/mol. The van der Waals surface area contributed by atoms with Crippen molar-refractivity contribution >= 4 is 63.1 Å². The first-order valence-electron chi connectivity index (χ1n) is 16.4. The second kappa shape index (κ2) is 18.8. The second-order valence-electron chi connectivity index (χ2n) is 11.6. The number of aryl methyl sites for hydroxylation is 1. The van der Waals surface area contributed by atoms with Gasteiger partial charge in [-0.1, -0.05) is 6.07 Å². The molecule has 1 saturated heterocycles. The maximum absolute atomic E-state index is 12.6. The minimum absolute atomic E-state index is 0.0155. The van der Waals surface area contributed by atoms with Crippen molar-refractivity contribution in [3.8, 4) is 11.5 Å². The number of esters is 5. The van der Waals surface area contributed by atoms with Crippen LogP contribution in [0.25, 0.3) is 10.1 Å². The first kappa shape index (κ1) is 40.9. The molecular formula is C35H37NO17S. The molecule has 1 fully saturated rings. The molecule has 0 unspecified atom stereocenters. The number of benzene rings is 2. The van der Waals surface area contributed by atoms with Crippen molar-refractivity contribution in [3.63, 3.8) is 0 Å². The Morgan fingerprint density at radius 3 is 2.07 bits per heavy atom. The number of hydrogen-bond donors (Lipinski definition) is 0. The molecule has 0 amide bonds. The highest BCUT2D eigenvalue weighted by Crippen LogP contribution is 2.39. The molecule has 3 aromatic rings. The van der Waals surface area contributed by atoms with E-state index in [9.17, 15) is 38.9 Å². The van der Waals surface area contributed by atoms with Crippen LogP contribution in [0.5, 0.6) is 11.5 Å². The van der Waals surface area contributed by atoms with Gasteiger partial charge in [-0.25, -0.2) is 4.79 Å². The number of hydrogen-bond acceptors (Lipinski definition) is 18. The Labute approximate surface area is 311 Å². The average molecular weight is 776 g/mol. The highest BCUT2D eigenvalue weighted by molar-refractivity contribution is 7.19. The smallest absolute Gasteiger partial charge is 0.466 e. The third-order valence-electron chi connectivity index (χ3n) is 7.44. The standard InChI is InChI=1S/C35H37NO17S/c1-6-45-29(41)14-12-25-15-26-27(13-7-22(33(26)54-25)16-47-35(42)51-24-10-8-23(9-11-24)36(43)44)52-34-32(50-21(5)40)31(49-20(4)39)30(48-19(3)38)28(53-34)17-46-18(2)37/h7-11,13,15,28,30-32,34H,6,12,14,16-17H2,1-5H3/t28-,30+,31+,32-,34-/m1/s1. The molecule has 0 aliphatic carbocycles. The molecule has 290 valence electrons. The number of ether oxygens (including phenoxy) is 9. The predicted octanol–water partition coefficient (Wildman–Crippen LogP) is 4.48. The van der Waals surface area contributed by atoms with Gasteiger partial charge in [0.05, 0.1) is 18.0 Å². The minimum Gasteiger partial charge on any atom is -0.466 e. The van der Waals surface area contributed by atoms with Gasteiger partial charge in [-0.15, -0.1) is 11.3 Å². The molecule has 2 heterocycles. The van der Waals surface area contributed by atoms with E-state index in [0.717, 1.165) is 27.7 Å². The van der Waals surface area contributed by atoms with Crippen LogP contribution < -0.4 is 9.47 Å². The summed E-state index contributed by atoms with van der Waals surface area (Å²) in [7, 11) is 0. The quantitative estimate of drug-likeness (QED) is 0.0681. The van der Waals surface area contributed by atoms with Crippen molar-refractivity contribution in [2.75, 3.05) is 13.2 Å². The highest BCUT2D eigenvalue weighted by Gasteiger charge is 2.53. The van der Waals surface area contributed by atoms with Crippen LogP contribution in [0.15, 0.2) is 42.5 Å². The van der Waals surface area contributed by atoms with Gasteiger partial charge in [0.2, 0.25) is 12.4 Å². The molecule has 4 rings (SSSR count). The molecule has 2 aromatic carbocycles. The Hall–Kier alpha value is -5.82. The third kappa shape index (κ3) is 11.3. The highest BCUT2D eigenvalue weighted by atomic mass is 32.1. The van der Waals surface area contributed by atoms with Crippen LogP contribution in [0.4, 0.5) is 10.5 Å². The first-order valence-corrected chi connectivity index (χ1v) is 17.2. The lowest BCUT2D eigenvalue weighted by Crippen LogP contribution is -2.63. The van der Waals surface area contributed by atoms with Crippen LogP contribution >= 0.6 is 11.3 Å². The van der Waals surface area contributed by atoms with Crippen molar-refractivity contribution in [2.45, 2.75) is 84.8 Å². The monoisotopic (exact) mass is 775 g/mol. The summed E-state index contributed by atoms with van der Waals surface area (Å²) in [5.74, 6) is -3.36. The summed E-state index contributed by atoms with van der Waals surface area (Å²) in [6.45, 7) is 5.58. The molecule has 0 spiro atoms. The van der Waals surface area contributed by atoms with E-state index in [1.165, 1.54) is 41.7 Å². The van der Waals surface area contributed by atoms with E-state index in [-0.39, 0.29) is 43.2 Å². The normalized spacial score (nSPS) is 19.2. The van der Waals surface area contributed by atoms with E-state index in [1.54, 1.807) is 19.1 Å². The Kier molecular flexibility index (Phi) is 14.2. The largest absolute Gasteiger partial charge is 0.514 e. The molecule has 19 heteroatoms. The van der Waals surface area contributed by atoms with E-state index >= 15 is 0 Å². The molecule has 18 nitrogen and oxygen atoms in total. The molecule has 54 heavy (non-hydrogen) atoms. The van der Waals surface area contributed by atoms with Crippen LogP contribution in [0.2, 0.25) is 0 Å². The molecule has 1 aliphatic rings. The molecular weight excluding hydrogens is 738 g/mol. The van der Waals surface area contributed by atoms with E-state index in [2.05, 4.69) is 0 Å².